The molecule has 0 spiro atoms. The van der Waals surface area contributed by atoms with E-state index in [0.717, 1.165) is 12.8 Å². The van der Waals surface area contributed by atoms with Crippen LogP contribution in [0.15, 0.2) is 12.2 Å². The fourth-order valence-corrected chi connectivity index (χ4v) is 4.27. The molecule has 0 fully saturated rings. The highest BCUT2D eigenvalue weighted by Gasteiger charge is 1.98. The van der Waals surface area contributed by atoms with Crippen LogP contribution in [0.2, 0.25) is 0 Å². The van der Waals surface area contributed by atoms with Gasteiger partial charge in [0.2, 0.25) is 0 Å². The highest BCUT2D eigenvalue weighted by molar-refractivity contribution is 5.81. The molecule has 32 heavy (non-hydrogen) atoms. The third-order valence-corrected chi connectivity index (χ3v) is 6.47. The number of ether oxygens (including phenoxy) is 1. The van der Waals surface area contributed by atoms with Gasteiger partial charge in [0.1, 0.15) is 0 Å². The van der Waals surface area contributed by atoms with Crippen molar-refractivity contribution in [3.63, 3.8) is 0 Å². The summed E-state index contributed by atoms with van der Waals surface area (Å²) in [5.41, 5.74) is 0. The molecule has 2 heteroatoms. The van der Waals surface area contributed by atoms with Gasteiger partial charge in [0.05, 0.1) is 6.61 Å². The first-order valence-corrected chi connectivity index (χ1v) is 14.6. The zero-order valence-corrected chi connectivity index (χ0v) is 22.1. The van der Waals surface area contributed by atoms with Crippen molar-refractivity contribution in [1.82, 2.24) is 0 Å². The van der Waals surface area contributed by atoms with Crippen molar-refractivity contribution in [3.05, 3.63) is 12.2 Å². The second-order valence-electron chi connectivity index (χ2n) is 9.78. The lowest BCUT2D eigenvalue weighted by atomic mass is 10.1. The molecule has 0 radical (unpaired) electrons. The van der Waals surface area contributed by atoms with Crippen LogP contribution in [-0.2, 0) is 9.53 Å². The minimum Gasteiger partial charge on any atom is -0.463 e. The SMILES string of the molecule is CCCCCCCCCCCCCC=CC(=O)OCCCCCCCCCCCCCC. The zero-order chi connectivity index (χ0) is 23.4. The van der Waals surface area contributed by atoms with Crippen molar-refractivity contribution in [2.45, 2.75) is 168 Å². The van der Waals surface area contributed by atoms with Gasteiger partial charge in [-0.15, -0.1) is 0 Å². The van der Waals surface area contributed by atoms with Crippen LogP contribution < -0.4 is 0 Å². The lowest BCUT2D eigenvalue weighted by Crippen LogP contribution is -2.02. The Kier molecular flexibility index (Phi) is 27.5. The van der Waals surface area contributed by atoms with Crippen molar-refractivity contribution in [1.29, 1.82) is 0 Å². The maximum atomic E-state index is 11.7. The second-order valence-corrected chi connectivity index (χ2v) is 9.78. The average molecular weight is 451 g/mol. The third kappa shape index (κ3) is 27.2. The Morgan fingerprint density at radius 1 is 0.500 bits per heavy atom. The van der Waals surface area contributed by atoms with Crippen molar-refractivity contribution >= 4 is 5.97 Å². The molecule has 0 atom stereocenters. The molecule has 0 saturated carbocycles. The highest BCUT2D eigenvalue weighted by Crippen LogP contribution is 2.13. The van der Waals surface area contributed by atoms with E-state index in [1.165, 1.54) is 141 Å². The van der Waals surface area contributed by atoms with Gasteiger partial charge in [-0.1, -0.05) is 155 Å². The molecular formula is C30H58O2. The van der Waals surface area contributed by atoms with E-state index in [0.29, 0.717) is 6.61 Å². The highest BCUT2D eigenvalue weighted by atomic mass is 16.5. The molecule has 0 aliphatic carbocycles. The van der Waals surface area contributed by atoms with Crippen molar-refractivity contribution < 1.29 is 9.53 Å². The lowest BCUT2D eigenvalue weighted by Gasteiger charge is -2.04. The summed E-state index contributed by atoms with van der Waals surface area (Å²) in [5, 5.41) is 0. The Labute approximate surface area is 202 Å². The number of carbonyl (C=O) groups excluding carboxylic acids is 1. The van der Waals surface area contributed by atoms with Gasteiger partial charge < -0.3 is 4.74 Å². The number of unbranched alkanes of at least 4 members (excludes halogenated alkanes) is 22. The van der Waals surface area contributed by atoms with Crippen LogP contribution in [0.3, 0.4) is 0 Å². The Hall–Kier alpha value is -0.790. The molecule has 0 aromatic heterocycles. The molecule has 0 aromatic rings. The van der Waals surface area contributed by atoms with Crippen LogP contribution in [0.25, 0.3) is 0 Å². The number of rotatable bonds is 26. The van der Waals surface area contributed by atoms with E-state index in [1.807, 2.05) is 6.08 Å². The molecule has 0 N–H and O–H groups in total. The van der Waals surface area contributed by atoms with Gasteiger partial charge in [-0.2, -0.15) is 0 Å². The summed E-state index contributed by atoms with van der Waals surface area (Å²) in [6, 6.07) is 0. The van der Waals surface area contributed by atoms with E-state index in [2.05, 4.69) is 13.8 Å². The monoisotopic (exact) mass is 450 g/mol. The van der Waals surface area contributed by atoms with Gasteiger partial charge >= 0.3 is 5.97 Å². The molecule has 0 aromatic carbocycles. The number of carbonyl (C=O) groups is 1. The largest absolute Gasteiger partial charge is 0.463 e. The minimum absolute atomic E-state index is 0.156. The molecule has 2 nitrogen and oxygen atoms in total. The molecular weight excluding hydrogens is 392 g/mol. The molecule has 0 amide bonds. The Balaban J connectivity index is 3.22. The van der Waals surface area contributed by atoms with Crippen molar-refractivity contribution in [2.24, 2.45) is 0 Å². The molecule has 0 bridgehead atoms. The van der Waals surface area contributed by atoms with Gasteiger partial charge in [0.25, 0.3) is 0 Å². The number of hydrogen-bond donors (Lipinski definition) is 0. The second kappa shape index (κ2) is 28.2. The van der Waals surface area contributed by atoms with E-state index >= 15 is 0 Å². The summed E-state index contributed by atoms with van der Waals surface area (Å²) in [5.74, 6) is -0.156. The summed E-state index contributed by atoms with van der Waals surface area (Å²) < 4.78 is 5.32. The van der Waals surface area contributed by atoms with Crippen LogP contribution in [0.1, 0.15) is 168 Å². The molecule has 0 heterocycles. The van der Waals surface area contributed by atoms with E-state index in [9.17, 15) is 4.79 Å². The first-order valence-electron chi connectivity index (χ1n) is 14.6. The summed E-state index contributed by atoms with van der Waals surface area (Å²) in [4.78, 5) is 11.7. The van der Waals surface area contributed by atoms with Crippen LogP contribution in [0, 0.1) is 0 Å². The van der Waals surface area contributed by atoms with Crippen LogP contribution >= 0.6 is 0 Å². The molecule has 0 rings (SSSR count). The standard InChI is InChI=1S/C30H58O2/c1-3-5-7-9-11-13-15-17-18-20-22-24-26-28-30(31)32-29-27-25-23-21-19-16-14-12-10-8-6-4-2/h26,28H,3-25,27,29H2,1-2H3. The zero-order valence-electron chi connectivity index (χ0n) is 22.1. The quantitative estimate of drug-likeness (QED) is 0.0744. The van der Waals surface area contributed by atoms with E-state index in [4.69, 9.17) is 4.74 Å². The van der Waals surface area contributed by atoms with E-state index in [-0.39, 0.29) is 5.97 Å². The van der Waals surface area contributed by atoms with Gasteiger partial charge in [-0.05, 0) is 19.3 Å². The number of allylic oxidation sites excluding steroid dienone is 1. The average Bonchev–Trinajstić information content (AvgIpc) is 2.80. The minimum atomic E-state index is -0.156. The fourth-order valence-electron chi connectivity index (χ4n) is 4.27. The molecule has 0 saturated heterocycles. The van der Waals surface area contributed by atoms with Gasteiger partial charge in [-0.3, -0.25) is 0 Å². The predicted octanol–water partition coefficient (Wildman–Crippen LogP) is 10.5. The van der Waals surface area contributed by atoms with E-state index < -0.39 is 0 Å². The third-order valence-electron chi connectivity index (χ3n) is 6.47. The Morgan fingerprint density at radius 2 is 0.844 bits per heavy atom. The molecule has 190 valence electrons. The van der Waals surface area contributed by atoms with Crippen LogP contribution in [-0.4, -0.2) is 12.6 Å². The summed E-state index contributed by atoms with van der Waals surface area (Å²) >= 11 is 0. The summed E-state index contributed by atoms with van der Waals surface area (Å²) in [7, 11) is 0. The van der Waals surface area contributed by atoms with Crippen molar-refractivity contribution in [3.8, 4) is 0 Å². The lowest BCUT2D eigenvalue weighted by molar-refractivity contribution is -0.137. The first-order chi connectivity index (χ1) is 15.8. The van der Waals surface area contributed by atoms with Crippen LogP contribution in [0.5, 0.6) is 0 Å². The summed E-state index contributed by atoms with van der Waals surface area (Å²) in [6.45, 7) is 5.13. The predicted molar refractivity (Wildman–Crippen MR) is 142 cm³/mol. The fraction of sp³-hybridized carbons (Fsp3) is 0.900. The topological polar surface area (TPSA) is 26.3 Å². The molecule has 0 unspecified atom stereocenters. The van der Waals surface area contributed by atoms with Gasteiger partial charge in [0.15, 0.2) is 0 Å². The normalized spacial score (nSPS) is 11.4. The maximum absolute atomic E-state index is 11.7. The molecule has 0 aliphatic heterocycles. The van der Waals surface area contributed by atoms with Crippen LogP contribution in [0.4, 0.5) is 0 Å². The summed E-state index contributed by atoms with van der Waals surface area (Å²) in [6.07, 6.45) is 35.6. The van der Waals surface area contributed by atoms with Gasteiger partial charge in [-0.25, -0.2) is 4.79 Å². The van der Waals surface area contributed by atoms with Gasteiger partial charge in [0, 0.05) is 6.08 Å². The molecule has 0 aliphatic rings. The maximum Gasteiger partial charge on any atom is 0.330 e. The number of hydrogen-bond acceptors (Lipinski definition) is 2. The van der Waals surface area contributed by atoms with E-state index in [1.54, 1.807) is 6.08 Å². The smallest absolute Gasteiger partial charge is 0.330 e. The number of esters is 1. The van der Waals surface area contributed by atoms with Crippen molar-refractivity contribution in [2.75, 3.05) is 6.61 Å². The Morgan fingerprint density at radius 3 is 1.25 bits per heavy atom. The first kappa shape index (κ1) is 31.2. The Bertz CT molecular complexity index is 388.